The van der Waals surface area contributed by atoms with Crippen LogP contribution in [0.5, 0.6) is 0 Å². The van der Waals surface area contributed by atoms with Gasteiger partial charge in [0.25, 0.3) is 0 Å². The Morgan fingerprint density at radius 3 is 2.52 bits per heavy atom. The molecular weight excluding hydrogens is 288 g/mol. The first kappa shape index (κ1) is 15.4. The number of carboxylic acids is 1. The second-order valence-corrected chi connectivity index (χ2v) is 5.22. The van der Waals surface area contributed by atoms with Gasteiger partial charge >= 0.3 is 5.97 Å². The average molecular weight is 305 g/mol. The molecule has 0 bridgehead atoms. The van der Waals surface area contributed by atoms with Gasteiger partial charge in [-0.2, -0.15) is 0 Å². The van der Waals surface area contributed by atoms with E-state index < -0.39 is 11.9 Å². The van der Waals surface area contributed by atoms with E-state index in [1.165, 1.54) is 0 Å². The van der Waals surface area contributed by atoms with Crippen molar-refractivity contribution in [3.05, 3.63) is 46.9 Å². The summed E-state index contributed by atoms with van der Waals surface area (Å²) in [6.45, 7) is 3.74. The van der Waals surface area contributed by atoms with Crippen LogP contribution < -0.4 is 0 Å². The van der Waals surface area contributed by atoms with Gasteiger partial charge < -0.3 is 5.11 Å². The lowest BCUT2D eigenvalue weighted by molar-refractivity contribution is -0.139. The van der Waals surface area contributed by atoms with Crippen LogP contribution in [0.3, 0.4) is 0 Å². The molecule has 0 fully saturated rings. The van der Waals surface area contributed by atoms with E-state index in [0.717, 1.165) is 12.0 Å². The molecule has 0 aliphatic rings. The molecule has 110 valence electrons. The fraction of sp³-hybridized carbons (Fsp3) is 0.312. The average Bonchev–Trinajstić information content (AvgIpc) is 2.45. The third-order valence-corrected chi connectivity index (χ3v) is 3.55. The second kappa shape index (κ2) is 6.68. The van der Waals surface area contributed by atoms with Crippen molar-refractivity contribution in [2.45, 2.75) is 32.6 Å². The van der Waals surface area contributed by atoms with Crippen molar-refractivity contribution < 1.29 is 9.90 Å². The van der Waals surface area contributed by atoms with Gasteiger partial charge in [0.15, 0.2) is 0 Å². The highest BCUT2D eigenvalue weighted by atomic mass is 35.5. The van der Waals surface area contributed by atoms with Crippen molar-refractivity contribution in [3.63, 3.8) is 0 Å². The van der Waals surface area contributed by atoms with Gasteiger partial charge in [-0.1, -0.05) is 43.7 Å². The Labute approximate surface area is 128 Å². The van der Waals surface area contributed by atoms with Crippen LogP contribution in [-0.4, -0.2) is 21.0 Å². The number of hydrogen-bond donors (Lipinski definition) is 1. The molecule has 0 radical (unpaired) electrons. The topological polar surface area (TPSA) is 63.1 Å². The van der Waals surface area contributed by atoms with E-state index in [0.29, 0.717) is 23.4 Å². The van der Waals surface area contributed by atoms with Crippen molar-refractivity contribution in [3.8, 4) is 11.3 Å². The number of benzene rings is 1. The van der Waals surface area contributed by atoms with Crippen molar-refractivity contribution >= 4 is 17.6 Å². The molecule has 1 aromatic carbocycles. The summed E-state index contributed by atoms with van der Waals surface area (Å²) in [5.41, 5.74) is 2.73. The Morgan fingerprint density at radius 2 is 1.95 bits per heavy atom. The lowest BCUT2D eigenvalue weighted by atomic mass is 9.90. The number of rotatable bonds is 5. The highest BCUT2D eigenvalue weighted by molar-refractivity contribution is 6.28. The monoisotopic (exact) mass is 304 g/mol. The predicted molar refractivity (Wildman–Crippen MR) is 82.5 cm³/mol. The molecule has 0 aliphatic carbocycles. The minimum absolute atomic E-state index is 0.135. The van der Waals surface area contributed by atoms with Gasteiger partial charge in [-0.25, -0.2) is 9.97 Å². The summed E-state index contributed by atoms with van der Waals surface area (Å²) in [6, 6.07) is 9.47. The summed E-state index contributed by atoms with van der Waals surface area (Å²) in [4.78, 5) is 20.0. The molecule has 1 aromatic heterocycles. The minimum atomic E-state index is -0.858. The lowest BCUT2D eigenvalue weighted by Gasteiger charge is -2.18. The van der Waals surface area contributed by atoms with Crippen LogP contribution in [0.1, 0.15) is 36.9 Å². The SMILES string of the molecule is CCCC(C(=O)O)c1c(C)nc(Cl)nc1-c1ccccc1. The fourth-order valence-electron chi connectivity index (χ4n) is 2.46. The molecule has 5 heteroatoms. The van der Waals surface area contributed by atoms with Crippen LogP contribution in [0.15, 0.2) is 30.3 Å². The van der Waals surface area contributed by atoms with Gasteiger partial charge in [0, 0.05) is 16.8 Å². The summed E-state index contributed by atoms with van der Waals surface area (Å²) < 4.78 is 0. The summed E-state index contributed by atoms with van der Waals surface area (Å²) >= 11 is 5.96. The largest absolute Gasteiger partial charge is 0.481 e. The van der Waals surface area contributed by atoms with Crippen molar-refractivity contribution in [2.75, 3.05) is 0 Å². The number of hydrogen-bond acceptors (Lipinski definition) is 3. The fourth-order valence-corrected chi connectivity index (χ4v) is 2.67. The molecule has 1 N–H and O–H groups in total. The Balaban J connectivity index is 2.66. The van der Waals surface area contributed by atoms with Gasteiger partial charge in [-0.3, -0.25) is 4.79 Å². The molecule has 0 spiro atoms. The molecule has 2 rings (SSSR count). The van der Waals surface area contributed by atoms with Crippen molar-refractivity contribution in [2.24, 2.45) is 0 Å². The van der Waals surface area contributed by atoms with E-state index in [9.17, 15) is 9.90 Å². The molecule has 21 heavy (non-hydrogen) atoms. The first-order valence-electron chi connectivity index (χ1n) is 6.86. The third-order valence-electron chi connectivity index (χ3n) is 3.38. The molecule has 0 saturated carbocycles. The van der Waals surface area contributed by atoms with Crippen LogP contribution in [-0.2, 0) is 4.79 Å². The van der Waals surface area contributed by atoms with E-state index >= 15 is 0 Å². The predicted octanol–water partition coefficient (Wildman–Crippen LogP) is 4.07. The Morgan fingerprint density at radius 1 is 1.29 bits per heavy atom. The zero-order valence-corrected chi connectivity index (χ0v) is 12.8. The molecule has 0 aliphatic heterocycles. The van der Waals surface area contributed by atoms with E-state index in [2.05, 4.69) is 9.97 Å². The summed E-state index contributed by atoms with van der Waals surface area (Å²) in [7, 11) is 0. The first-order chi connectivity index (χ1) is 10.0. The van der Waals surface area contributed by atoms with Crippen molar-refractivity contribution in [1.82, 2.24) is 9.97 Å². The number of halogens is 1. The number of aromatic nitrogens is 2. The maximum atomic E-state index is 11.6. The van der Waals surface area contributed by atoms with Gasteiger partial charge in [-0.15, -0.1) is 0 Å². The highest BCUT2D eigenvalue weighted by Gasteiger charge is 2.26. The zero-order chi connectivity index (χ0) is 15.4. The smallest absolute Gasteiger partial charge is 0.311 e. The summed E-state index contributed by atoms with van der Waals surface area (Å²) in [6.07, 6.45) is 1.31. The number of aryl methyl sites for hydroxylation is 1. The third kappa shape index (κ3) is 3.39. The molecular formula is C16H17ClN2O2. The Hall–Kier alpha value is -1.94. The minimum Gasteiger partial charge on any atom is -0.481 e. The quantitative estimate of drug-likeness (QED) is 0.846. The normalized spacial score (nSPS) is 12.1. The lowest BCUT2D eigenvalue weighted by Crippen LogP contribution is -2.16. The van der Waals surface area contributed by atoms with Crippen LogP contribution in [0.25, 0.3) is 11.3 Å². The van der Waals surface area contributed by atoms with Gasteiger partial charge in [0.1, 0.15) is 0 Å². The Bertz CT molecular complexity index is 644. The highest BCUT2D eigenvalue weighted by Crippen LogP contribution is 2.33. The van der Waals surface area contributed by atoms with Crippen LogP contribution in [0.4, 0.5) is 0 Å². The van der Waals surface area contributed by atoms with Gasteiger partial charge in [-0.05, 0) is 24.9 Å². The van der Waals surface area contributed by atoms with Crippen LogP contribution >= 0.6 is 11.6 Å². The first-order valence-corrected chi connectivity index (χ1v) is 7.24. The molecule has 1 heterocycles. The summed E-state index contributed by atoms with van der Waals surface area (Å²) in [5.74, 6) is -1.48. The van der Waals surface area contributed by atoms with Crippen LogP contribution in [0, 0.1) is 6.92 Å². The number of carboxylic acid groups (broad SMARTS) is 1. The molecule has 4 nitrogen and oxygen atoms in total. The summed E-state index contributed by atoms with van der Waals surface area (Å²) in [5, 5.41) is 9.67. The molecule has 0 saturated heterocycles. The Kier molecular flexibility index (Phi) is 4.91. The number of carbonyl (C=O) groups is 1. The molecule has 2 aromatic rings. The van der Waals surface area contributed by atoms with Gasteiger partial charge in [0.05, 0.1) is 11.6 Å². The standard InChI is InChI=1S/C16H17ClN2O2/c1-3-7-12(15(20)21)13-10(2)18-16(17)19-14(13)11-8-5-4-6-9-11/h4-6,8-9,12H,3,7H2,1-2H3,(H,20,21). The molecule has 0 amide bonds. The van der Waals surface area contributed by atoms with E-state index in [4.69, 9.17) is 11.6 Å². The van der Waals surface area contributed by atoms with E-state index in [1.807, 2.05) is 37.3 Å². The number of nitrogens with zero attached hydrogens (tertiary/aromatic N) is 2. The van der Waals surface area contributed by atoms with Gasteiger partial charge in [0.2, 0.25) is 5.28 Å². The molecule has 1 unspecified atom stereocenters. The van der Waals surface area contributed by atoms with E-state index in [1.54, 1.807) is 6.92 Å². The maximum absolute atomic E-state index is 11.6. The van der Waals surface area contributed by atoms with Crippen LogP contribution in [0.2, 0.25) is 5.28 Å². The molecule has 1 atom stereocenters. The zero-order valence-electron chi connectivity index (χ0n) is 12.0. The second-order valence-electron chi connectivity index (χ2n) is 4.89. The maximum Gasteiger partial charge on any atom is 0.311 e. The van der Waals surface area contributed by atoms with E-state index in [-0.39, 0.29) is 5.28 Å². The van der Waals surface area contributed by atoms with Crippen molar-refractivity contribution in [1.29, 1.82) is 0 Å². The number of aliphatic carboxylic acids is 1.